The van der Waals surface area contributed by atoms with Crippen molar-refractivity contribution in [3.05, 3.63) is 24.0 Å². The fourth-order valence-corrected chi connectivity index (χ4v) is 3.16. The molecule has 1 aromatic heterocycles. The number of rotatable bonds is 7. The topological polar surface area (TPSA) is 34.1 Å². The minimum Gasteiger partial charge on any atom is -0.492 e. The van der Waals surface area contributed by atoms with Gasteiger partial charge in [-0.25, -0.2) is 0 Å². The van der Waals surface area contributed by atoms with Crippen LogP contribution in [0.1, 0.15) is 51.5 Å². The molecule has 3 heteroatoms. The molecule has 1 aromatic rings. The Hall–Kier alpha value is -1.09. The van der Waals surface area contributed by atoms with E-state index >= 15 is 0 Å². The van der Waals surface area contributed by atoms with Gasteiger partial charge in [-0.1, -0.05) is 20.3 Å². The maximum absolute atomic E-state index is 5.58. The fourth-order valence-electron chi connectivity index (χ4n) is 3.16. The highest BCUT2D eigenvalue weighted by atomic mass is 16.5. The molecule has 1 aliphatic rings. The first-order valence-corrected chi connectivity index (χ1v) is 7.99. The minimum absolute atomic E-state index is 0.641. The van der Waals surface area contributed by atoms with Crippen LogP contribution in [0.2, 0.25) is 0 Å². The van der Waals surface area contributed by atoms with Crippen molar-refractivity contribution in [3.63, 3.8) is 0 Å². The molecule has 0 saturated heterocycles. The third-order valence-corrected chi connectivity index (χ3v) is 4.09. The van der Waals surface area contributed by atoms with Crippen molar-refractivity contribution in [2.24, 2.45) is 11.8 Å². The van der Waals surface area contributed by atoms with Crippen molar-refractivity contribution < 1.29 is 4.74 Å². The second-order valence-electron chi connectivity index (χ2n) is 6.24. The predicted octanol–water partition coefficient (Wildman–Crippen LogP) is 3.61. The first kappa shape index (κ1) is 15.3. The number of ether oxygens (including phenoxy) is 1. The van der Waals surface area contributed by atoms with Crippen molar-refractivity contribution >= 4 is 0 Å². The number of pyridine rings is 1. The van der Waals surface area contributed by atoms with Gasteiger partial charge in [0.2, 0.25) is 0 Å². The highest BCUT2D eigenvalue weighted by Crippen LogP contribution is 2.39. The first-order chi connectivity index (χ1) is 9.70. The van der Waals surface area contributed by atoms with Gasteiger partial charge in [0, 0.05) is 6.20 Å². The molecule has 0 radical (unpaired) electrons. The standard InChI is InChI=1S/C17H28N2O/c1-4-20-16-8-15(11-19-12-16)17-7-5-6-14(17)10-18-9-13(2)3/h8,11-14,17-18H,4-7,9-10H2,1-3H3. The Morgan fingerprint density at radius 2 is 2.20 bits per heavy atom. The number of hydrogen-bond acceptors (Lipinski definition) is 3. The Morgan fingerprint density at radius 1 is 1.35 bits per heavy atom. The number of hydrogen-bond donors (Lipinski definition) is 1. The molecule has 0 amide bonds. The molecule has 112 valence electrons. The van der Waals surface area contributed by atoms with E-state index in [0.29, 0.717) is 12.5 Å². The van der Waals surface area contributed by atoms with E-state index in [2.05, 4.69) is 30.2 Å². The monoisotopic (exact) mass is 276 g/mol. The molecule has 1 heterocycles. The lowest BCUT2D eigenvalue weighted by Crippen LogP contribution is -2.27. The Balaban J connectivity index is 1.97. The molecule has 20 heavy (non-hydrogen) atoms. The highest BCUT2D eigenvalue weighted by molar-refractivity contribution is 5.27. The molecular formula is C17H28N2O. The average Bonchev–Trinajstić information content (AvgIpc) is 2.87. The molecule has 1 fully saturated rings. The predicted molar refractivity (Wildman–Crippen MR) is 83.2 cm³/mol. The molecule has 0 aliphatic heterocycles. The van der Waals surface area contributed by atoms with E-state index in [1.165, 1.54) is 24.8 Å². The van der Waals surface area contributed by atoms with Gasteiger partial charge in [-0.3, -0.25) is 4.98 Å². The van der Waals surface area contributed by atoms with Gasteiger partial charge in [0.1, 0.15) is 5.75 Å². The van der Waals surface area contributed by atoms with Gasteiger partial charge >= 0.3 is 0 Å². The Morgan fingerprint density at radius 3 is 2.95 bits per heavy atom. The quantitative estimate of drug-likeness (QED) is 0.826. The average molecular weight is 276 g/mol. The molecule has 1 aliphatic carbocycles. The molecule has 0 bridgehead atoms. The van der Waals surface area contributed by atoms with E-state index in [-0.39, 0.29) is 0 Å². The van der Waals surface area contributed by atoms with Crippen LogP contribution in [0.3, 0.4) is 0 Å². The Labute approximate surface area is 123 Å². The Kier molecular flexibility index (Phi) is 5.84. The van der Waals surface area contributed by atoms with E-state index in [0.717, 1.165) is 30.7 Å². The molecule has 1 N–H and O–H groups in total. The first-order valence-electron chi connectivity index (χ1n) is 7.99. The van der Waals surface area contributed by atoms with Crippen LogP contribution >= 0.6 is 0 Å². The van der Waals surface area contributed by atoms with Crippen LogP contribution in [0.5, 0.6) is 5.75 Å². The Bertz CT molecular complexity index is 406. The summed E-state index contributed by atoms with van der Waals surface area (Å²) in [6, 6.07) is 2.18. The van der Waals surface area contributed by atoms with E-state index in [4.69, 9.17) is 4.74 Å². The van der Waals surface area contributed by atoms with Crippen molar-refractivity contribution in [2.75, 3.05) is 19.7 Å². The lowest BCUT2D eigenvalue weighted by molar-refractivity contribution is 0.337. The van der Waals surface area contributed by atoms with Crippen molar-refractivity contribution in [3.8, 4) is 5.75 Å². The van der Waals surface area contributed by atoms with Gasteiger partial charge in [0.05, 0.1) is 12.8 Å². The zero-order valence-corrected chi connectivity index (χ0v) is 13.1. The second kappa shape index (κ2) is 7.63. The van der Waals surface area contributed by atoms with E-state index in [1.54, 1.807) is 0 Å². The van der Waals surface area contributed by atoms with Crippen LogP contribution in [-0.2, 0) is 0 Å². The number of nitrogens with one attached hydrogen (secondary N) is 1. The molecule has 0 aromatic carbocycles. The largest absolute Gasteiger partial charge is 0.492 e. The van der Waals surface area contributed by atoms with Gasteiger partial charge in [-0.05, 0) is 62.2 Å². The van der Waals surface area contributed by atoms with Crippen molar-refractivity contribution in [2.45, 2.75) is 46.0 Å². The van der Waals surface area contributed by atoms with Gasteiger partial charge in [0.15, 0.2) is 0 Å². The van der Waals surface area contributed by atoms with Gasteiger partial charge in [-0.2, -0.15) is 0 Å². The molecule has 2 atom stereocenters. The van der Waals surface area contributed by atoms with E-state index in [9.17, 15) is 0 Å². The summed E-state index contributed by atoms with van der Waals surface area (Å²) in [5.41, 5.74) is 1.35. The van der Waals surface area contributed by atoms with E-state index in [1.807, 2.05) is 19.3 Å². The van der Waals surface area contributed by atoms with Crippen LogP contribution in [0, 0.1) is 11.8 Å². The lowest BCUT2D eigenvalue weighted by atomic mass is 9.89. The maximum Gasteiger partial charge on any atom is 0.137 e. The van der Waals surface area contributed by atoms with Crippen LogP contribution in [-0.4, -0.2) is 24.7 Å². The van der Waals surface area contributed by atoms with Crippen LogP contribution in [0.4, 0.5) is 0 Å². The minimum atomic E-state index is 0.641. The summed E-state index contributed by atoms with van der Waals surface area (Å²) in [6.45, 7) is 9.47. The van der Waals surface area contributed by atoms with Gasteiger partial charge in [-0.15, -0.1) is 0 Å². The summed E-state index contributed by atoms with van der Waals surface area (Å²) >= 11 is 0. The molecular weight excluding hydrogens is 248 g/mol. The van der Waals surface area contributed by atoms with E-state index < -0.39 is 0 Å². The summed E-state index contributed by atoms with van der Waals surface area (Å²) in [5.74, 6) is 3.01. The molecule has 2 unspecified atom stereocenters. The van der Waals surface area contributed by atoms with Gasteiger partial charge in [0.25, 0.3) is 0 Å². The third-order valence-electron chi connectivity index (χ3n) is 4.09. The normalized spacial score (nSPS) is 22.4. The third kappa shape index (κ3) is 4.20. The van der Waals surface area contributed by atoms with Crippen LogP contribution in [0.25, 0.3) is 0 Å². The summed E-state index contributed by atoms with van der Waals surface area (Å²) in [7, 11) is 0. The van der Waals surface area contributed by atoms with Crippen LogP contribution in [0.15, 0.2) is 18.5 Å². The summed E-state index contributed by atoms with van der Waals surface area (Å²) < 4.78 is 5.58. The van der Waals surface area contributed by atoms with Crippen molar-refractivity contribution in [1.82, 2.24) is 10.3 Å². The zero-order valence-electron chi connectivity index (χ0n) is 13.1. The maximum atomic E-state index is 5.58. The number of aromatic nitrogens is 1. The SMILES string of the molecule is CCOc1cncc(C2CCCC2CNCC(C)C)c1. The second-order valence-corrected chi connectivity index (χ2v) is 6.24. The summed E-state index contributed by atoms with van der Waals surface area (Å²) in [4.78, 5) is 4.35. The lowest BCUT2D eigenvalue weighted by Gasteiger charge is -2.21. The zero-order chi connectivity index (χ0) is 14.4. The molecule has 1 saturated carbocycles. The van der Waals surface area contributed by atoms with Gasteiger partial charge < -0.3 is 10.1 Å². The summed E-state index contributed by atoms with van der Waals surface area (Å²) in [5, 5.41) is 3.61. The number of nitrogens with zero attached hydrogens (tertiary/aromatic N) is 1. The van der Waals surface area contributed by atoms with Crippen molar-refractivity contribution in [1.29, 1.82) is 0 Å². The molecule has 2 rings (SSSR count). The van der Waals surface area contributed by atoms with Crippen LogP contribution < -0.4 is 10.1 Å². The molecule has 3 nitrogen and oxygen atoms in total. The summed E-state index contributed by atoms with van der Waals surface area (Å²) in [6.07, 6.45) is 7.78. The fraction of sp³-hybridized carbons (Fsp3) is 0.706. The smallest absolute Gasteiger partial charge is 0.137 e. The molecule has 0 spiro atoms. The highest BCUT2D eigenvalue weighted by Gasteiger charge is 2.28.